The lowest BCUT2D eigenvalue weighted by molar-refractivity contribution is -0.479. The van der Waals surface area contributed by atoms with Gasteiger partial charge in [0.1, 0.15) is 0 Å². The number of para-hydroxylation sites is 1. The van der Waals surface area contributed by atoms with E-state index in [1.807, 2.05) is 30.3 Å². The Kier molecular flexibility index (Phi) is 3.75. The van der Waals surface area contributed by atoms with Crippen LogP contribution in [0, 0.1) is 10.1 Å². The van der Waals surface area contributed by atoms with E-state index in [2.05, 4.69) is 5.32 Å². The number of hydrogen-bond donors (Lipinski definition) is 1. The Labute approximate surface area is 76.7 Å². The van der Waals surface area contributed by atoms with Gasteiger partial charge in [0.15, 0.2) is 0 Å². The van der Waals surface area contributed by atoms with Crippen LogP contribution in [0.2, 0.25) is 0 Å². The number of rotatable bonds is 5. The molecule has 1 aromatic carbocycles. The Hall–Kier alpha value is -1.58. The molecule has 4 nitrogen and oxygen atoms in total. The summed E-state index contributed by atoms with van der Waals surface area (Å²) >= 11 is 0. The molecular weight excluding hydrogens is 168 g/mol. The summed E-state index contributed by atoms with van der Waals surface area (Å²) in [5, 5.41) is 13.1. The van der Waals surface area contributed by atoms with Crippen LogP contribution >= 0.6 is 0 Å². The molecule has 0 saturated carbocycles. The predicted molar refractivity (Wildman–Crippen MR) is 51.4 cm³/mol. The first kappa shape index (κ1) is 9.51. The molecule has 70 valence electrons. The maximum Gasteiger partial charge on any atom is 0.205 e. The molecule has 0 saturated heterocycles. The second kappa shape index (κ2) is 5.13. The number of nitro groups is 1. The second-order valence-corrected chi connectivity index (χ2v) is 2.70. The molecule has 0 fully saturated rings. The zero-order valence-electron chi connectivity index (χ0n) is 7.27. The van der Waals surface area contributed by atoms with Gasteiger partial charge in [0, 0.05) is 23.6 Å². The van der Waals surface area contributed by atoms with E-state index in [0.29, 0.717) is 13.0 Å². The topological polar surface area (TPSA) is 55.2 Å². The highest BCUT2D eigenvalue weighted by Crippen LogP contribution is 2.04. The molecule has 1 aromatic rings. The first-order valence-electron chi connectivity index (χ1n) is 4.20. The van der Waals surface area contributed by atoms with Crippen molar-refractivity contribution in [2.45, 2.75) is 6.42 Å². The third-order valence-corrected chi connectivity index (χ3v) is 1.62. The Morgan fingerprint density at radius 1 is 1.31 bits per heavy atom. The van der Waals surface area contributed by atoms with Gasteiger partial charge in [0.25, 0.3) is 0 Å². The lowest BCUT2D eigenvalue weighted by Gasteiger charge is -2.02. The Bertz CT molecular complexity index is 262. The van der Waals surface area contributed by atoms with Gasteiger partial charge in [-0.1, -0.05) is 18.2 Å². The SMILES string of the molecule is O=[N+]([O-])CCCNc1ccccc1. The molecule has 0 spiro atoms. The molecule has 0 bridgehead atoms. The minimum Gasteiger partial charge on any atom is -0.385 e. The maximum absolute atomic E-state index is 9.99. The Morgan fingerprint density at radius 3 is 2.62 bits per heavy atom. The van der Waals surface area contributed by atoms with Gasteiger partial charge >= 0.3 is 0 Å². The number of nitrogens with one attached hydrogen (secondary N) is 1. The van der Waals surface area contributed by atoms with Gasteiger partial charge in [-0.3, -0.25) is 10.1 Å². The van der Waals surface area contributed by atoms with Gasteiger partial charge in [-0.25, -0.2) is 0 Å². The summed E-state index contributed by atoms with van der Waals surface area (Å²) in [6.07, 6.45) is 0.557. The van der Waals surface area contributed by atoms with Gasteiger partial charge in [0.05, 0.1) is 0 Å². The fourth-order valence-corrected chi connectivity index (χ4v) is 0.997. The van der Waals surface area contributed by atoms with E-state index in [1.165, 1.54) is 0 Å². The van der Waals surface area contributed by atoms with Gasteiger partial charge in [-0.2, -0.15) is 0 Å². The molecule has 0 atom stereocenters. The van der Waals surface area contributed by atoms with Gasteiger partial charge < -0.3 is 5.32 Å². The van der Waals surface area contributed by atoms with E-state index in [-0.39, 0.29) is 11.5 Å². The molecule has 0 aliphatic carbocycles. The number of benzene rings is 1. The molecule has 0 amide bonds. The van der Waals surface area contributed by atoms with E-state index in [1.54, 1.807) is 0 Å². The van der Waals surface area contributed by atoms with E-state index in [0.717, 1.165) is 5.69 Å². The summed E-state index contributed by atoms with van der Waals surface area (Å²) in [5.74, 6) is 0. The summed E-state index contributed by atoms with van der Waals surface area (Å²) in [6.45, 7) is 0.671. The van der Waals surface area contributed by atoms with Crippen LogP contribution in [0.15, 0.2) is 30.3 Å². The summed E-state index contributed by atoms with van der Waals surface area (Å²) in [6, 6.07) is 9.66. The van der Waals surface area contributed by atoms with E-state index >= 15 is 0 Å². The highest BCUT2D eigenvalue weighted by molar-refractivity contribution is 5.42. The minimum atomic E-state index is -0.299. The van der Waals surface area contributed by atoms with Gasteiger partial charge in [-0.15, -0.1) is 0 Å². The zero-order chi connectivity index (χ0) is 9.52. The first-order chi connectivity index (χ1) is 6.29. The average Bonchev–Trinajstić information content (AvgIpc) is 2.14. The van der Waals surface area contributed by atoms with Crippen molar-refractivity contribution in [2.75, 3.05) is 18.4 Å². The van der Waals surface area contributed by atoms with Crippen LogP contribution in [0.5, 0.6) is 0 Å². The molecule has 0 aromatic heterocycles. The lowest BCUT2D eigenvalue weighted by Crippen LogP contribution is -2.08. The zero-order valence-corrected chi connectivity index (χ0v) is 7.27. The maximum atomic E-state index is 9.99. The normalized spacial score (nSPS) is 9.54. The summed E-state index contributed by atoms with van der Waals surface area (Å²) in [4.78, 5) is 9.69. The number of nitrogens with zero attached hydrogens (tertiary/aromatic N) is 1. The summed E-state index contributed by atoms with van der Waals surface area (Å²) < 4.78 is 0. The number of anilines is 1. The standard InChI is InChI=1S/C9H12N2O2/c12-11(13)8-4-7-10-9-5-2-1-3-6-9/h1-3,5-6,10H,4,7-8H2. The molecule has 0 aliphatic rings. The third kappa shape index (κ3) is 4.10. The van der Waals surface area contributed by atoms with E-state index < -0.39 is 0 Å². The lowest BCUT2D eigenvalue weighted by atomic mass is 10.3. The highest BCUT2D eigenvalue weighted by Gasteiger charge is 1.95. The van der Waals surface area contributed by atoms with E-state index in [4.69, 9.17) is 0 Å². The van der Waals surface area contributed by atoms with Crippen LogP contribution in [0.4, 0.5) is 5.69 Å². The molecule has 0 heterocycles. The fraction of sp³-hybridized carbons (Fsp3) is 0.333. The van der Waals surface area contributed by atoms with Crippen molar-refractivity contribution in [3.63, 3.8) is 0 Å². The number of hydrogen-bond acceptors (Lipinski definition) is 3. The third-order valence-electron chi connectivity index (χ3n) is 1.62. The van der Waals surface area contributed by atoms with Crippen LogP contribution in [-0.2, 0) is 0 Å². The molecule has 4 heteroatoms. The summed E-state index contributed by atoms with van der Waals surface area (Å²) in [5.41, 5.74) is 1.01. The van der Waals surface area contributed by atoms with Crippen LogP contribution < -0.4 is 5.32 Å². The molecule has 13 heavy (non-hydrogen) atoms. The van der Waals surface area contributed by atoms with Crippen LogP contribution in [0.3, 0.4) is 0 Å². The monoisotopic (exact) mass is 180 g/mol. The van der Waals surface area contributed by atoms with E-state index in [9.17, 15) is 10.1 Å². The first-order valence-corrected chi connectivity index (χ1v) is 4.20. The fourth-order valence-electron chi connectivity index (χ4n) is 0.997. The van der Waals surface area contributed by atoms with Crippen LogP contribution in [0.1, 0.15) is 6.42 Å². The van der Waals surface area contributed by atoms with Crippen molar-refractivity contribution in [3.05, 3.63) is 40.4 Å². The van der Waals surface area contributed by atoms with Crippen LogP contribution in [0.25, 0.3) is 0 Å². The molecule has 0 radical (unpaired) electrons. The van der Waals surface area contributed by atoms with Gasteiger partial charge in [0.2, 0.25) is 6.54 Å². The van der Waals surface area contributed by atoms with Crippen LogP contribution in [-0.4, -0.2) is 18.0 Å². The van der Waals surface area contributed by atoms with Crippen molar-refractivity contribution in [1.82, 2.24) is 0 Å². The molecule has 1 N–H and O–H groups in total. The molecule has 0 aliphatic heterocycles. The predicted octanol–water partition coefficient (Wildman–Crippen LogP) is 1.77. The quantitative estimate of drug-likeness (QED) is 0.426. The Balaban J connectivity index is 2.17. The van der Waals surface area contributed by atoms with Crippen molar-refractivity contribution in [2.24, 2.45) is 0 Å². The van der Waals surface area contributed by atoms with Crippen molar-refractivity contribution < 1.29 is 4.92 Å². The van der Waals surface area contributed by atoms with Crippen molar-refractivity contribution in [1.29, 1.82) is 0 Å². The largest absolute Gasteiger partial charge is 0.385 e. The molecular formula is C9H12N2O2. The van der Waals surface area contributed by atoms with Crippen molar-refractivity contribution in [3.8, 4) is 0 Å². The Morgan fingerprint density at radius 2 is 2.00 bits per heavy atom. The minimum absolute atomic E-state index is 0.0276. The second-order valence-electron chi connectivity index (χ2n) is 2.70. The summed E-state index contributed by atoms with van der Waals surface area (Å²) in [7, 11) is 0. The molecule has 0 unspecified atom stereocenters. The van der Waals surface area contributed by atoms with Gasteiger partial charge in [-0.05, 0) is 12.1 Å². The average molecular weight is 180 g/mol. The molecule has 1 rings (SSSR count). The highest BCUT2D eigenvalue weighted by atomic mass is 16.6. The van der Waals surface area contributed by atoms with Crippen molar-refractivity contribution >= 4 is 5.69 Å². The smallest absolute Gasteiger partial charge is 0.205 e.